The summed E-state index contributed by atoms with van der Waals surface area (Å²) in [7, 11) is 0. The summed E-state index contributed by atoms with van der Waals surface area (Å²) in [6.07, 6.45) is 0. The van der Waals surface area contributed by atoms with Crippen molar-refractivity contribution in [3.63, 3.8) is 0 Å². The fourth-order valence-electron chi connectivity index (χ4n) is 10.8. The van der Waals surface area contributed by atoms with Crippen LogP contribution in [0.15, 0.2) is 194 Å². The first kappa shape index (κ1) is 34.8. The summed E-state index contributed by atoms with van der Waals surface area (Å²) in [4.78, 5) is 2.50. The summed E-state index contributed by atoms with van der Waals surface area (Å²) in [6.45, 7) is 9.45. The molecule has 0 saturated heterocycles. The molecule has 0 unspecified atom stereocenters. The Kier molecular flexibility index (Phi) is 7.36. The normalized spacial score (nSPS) is 14.3. The first-order valence-electron chi connectivity index (χ1n) is 21.2. The maximum absolute atomic E-state index is 2.50. The maximum atomic E-state index is 2.50. The lowest BCUT2D eigenvalue weighted by atomic mass is 9.82. The van der Waals surface area contributed by atoms with Crippen molar-refractivity contribution >= 4 is 49.6 Å². The van der Waals surface area contributed by atoms with Gasteiger partial charge < -0.3 is 9.47 Å². The van der Waals surface area contributed by atoms with E-state index in [-0.39, 0.29) is 10.8 Å². The van der Waals surface area contributed by atoms with Gasteiger partial charge >= 0.3 is 0 Å². The molecule has 2 aliphatic rings. The summed E-state index contributed by atoms with van der Waals surface area (Å²) >= 11 is 0. The molecule has 0 spiro atoms. The minimum absolute atomic E-state index is 0.0617. The third-order valence-electron chi connectivity index (χ3n) is 13.8. The van der Waals surface area contributed by atoms with Gasteiger partial charge in [0.15, 0.2) is 0 Å². The molecule has 12 rings (SSSR count). The highest BCUT2D eigenvalue weighted by molar-refractivity contribution is 6.10. The first-order chi connectivity index (χ1) is 29.3. The first-order valence-corrected chi connectivity index (χ1v) is 21.2. The smallest absolute Gasteiger partial charge is 0.0543 e. The van der Waals surface area contributed by atoms with Crippen LogP contribution in [0.25, 0.3) is 71.6 Å². The molecule has 0 fully saturated rings. The van der Waals surface area contributed by atoms with Gasteiger partial charge in [0.1, 0.15) is 0 Å². The predicted molar refractivity (Wildman–Crippen MR) is 254 cm³/mol. The van der Waals surface area contributed by atoms with Crippen molar-refractivity contribution in [1.29, 1.82) is 0 Å². The zero-order valence-corrected chi connectivity index (χ0v) is 34.4. The number of anilines is 3. The van der Waals surface area contributed by atoms with Gasteiger partial charge in [-0.2, -0.15) is 0 Å². The van der Waals surface area contributed by atoms with Crippen molar-refractivity contribution < 1.29 is 0 Å². The van der Waals surface area contributed by atoms with E-state index in [2.05, 4.69) is 231 Å². The molecule has 1 aromatic heterocycles. The molecule has 0 amide bonds. The van der Waals surface area contributed by atoms with E-state index >= 15 is 0 Å². The van der Waals surface area contributed by atoms with Crippen LogP contribution < -0.4 is 4.90 Å². The number of fused-ring (bicyclic) bond motifs is 10. The monoisotopic (exact) mass is 768 g/mol. The molecule has 2 aliphatic carbocycles. The van der Waals surface area contributed by atoms with E-state index in [0.717, 1.165) is 17.1 Å². The molecular formula is C58H44N2. The molecule has 0 radical (unpaired) electrons. The van der Waals surface area contributed by atoms with E-state index in [0.29, 0.717) is 0 Å². The number of aromatic nitrogens is 1. The van der Waals surface area contributed by atoms with Crippen LogP contribution in [0.3, 0.4) is 0 Å². The number of benzene rings is 9. The Hall–Kier alpha value is -7.16. The lowest BCUT2D eigenvalue weighted by Gasteiger charge is -2.30. The van der Waals surface area contributed by atoms with Crippen LogP contribution in [0.1, 0.15) is 49.9 Å². The van der Waals surface area contributed by atoms with Crippen LogP contribution in [-0.2, 0) is 10.8 Å². The van der Waals surface area contributed by atoms with E-state index in [4.69, 9.17) is 0 Å². The average Bonchev–Trinajstić information content (AvgIpc) is 3.84. The molecular weight excluding hydrogens is 725 g/mol. The van der Waals surface area contributed by atoms with Crippen molar-refractivity contribution in [1.82, 2.24) is 4.57 Å². The lowest BCUT2D eigenvalue weighted by molar-refractivity contribution is 0.660. The van der Waals surface area contributed by atoms with Crippen LogP contribution in [0.2, 0.25) is 0 Å². The molecule has 9 aromatic carbocycles. The van der Waals surface area contributed by atoms with Gasteiger partial charge in [0.05, 0.1) is 16.7 Å². The largest absolute Gasteiger partial charge is 0.310 e. The Morgan fingerprint density at radius 3 is 1.70 bits per heavy atom. The zero-order chi connectivity index (χ0) is 40.3. The van der Waals surface area contributed by atoms with Gasteiger partial charge in [-0.1, -0.05) is 167 Å². The second-order valence-corrected chi connectivity index (χ2v) is 17.7. The lowest BCUT2D eigenvalue weighted by Crippen LogP contribution is -2.16. The predicted octanol–water partition coefficient (Wildman–Crippen LogP) is 15.7. The number of hydrogen-bond donors (Lipinski definition) is 0. The minimum Gasteiger partial charge on any atom is -0.310 e. The van der Waals surface area contributed by atoms with Crippen LogP contribution in [-0.4, -0.2) is 4.57 Å². The number of hydrogen-bond acceptors (Lipinski definition) is 1. The van der Waals surface area contributed by atoms with Crippen LogP contribution >= 0.6 is 0 Å². The molecule has 60 heavy (non-hydrogen) atoms. The van der Waals surface area contributed by atoms with E-state index in [1.165, 1.54) is 93.9 Å². The van der Waals surface area contributed by atoms with Gasteiger partial charge in [-0.3, -0.25) is 0 Å². The number of para-hydroxylation sites is 2. The van der Waals surface area contributed by atoms with Crippen molar-refractivity contribution in [3.8, 4) is 39.1 Å². The Labute approximate surface area is 351 Å². The third kappa shape index (κ3) is 4.88. The Bertz CT molecular complexity index is 3320. The second-order valence-electron chi connectivity index (χ2n) is 17.7. The van der Waals surface area contributed by atoms with Crippen molar-refractivity contribution in [2.45, 2.75) is 38.5 Å². The molecule has 0 saturated carbocycles. The number of rotatable bonds is 5. The van der Waals surface area contributed by atoms with E-state index in [1.807, 2.05) is 0 Å². The molecule has 2 heteroatoms. The van der Waals surface area contributed by atoms with Crippen molar-refractivity contribution in [2.75, 3.05) is 4.90 Å². The fraction of sp³-hybridized carbons (Fsp3) is 0.103. The summed E-state index contributed by atoms with van der Waals surface area (Å²) in [5, 5.41) is 5.01. The number of nitrogens with zero attached hydrogens (tertiary/aromatic N) is 2. The molecule has 0 N–H and O–H groups in total. The summed E-state index contributed by atoms with van der Waals surface area (Å²) < 4.78 is 2.41. The topological polar surface area (TPSA) is 8.17 Å². The highest BCUT2D eigenvalue weighted by Gasteiger charge is 2.39. The van der Waals surface area contributed by atoms with Gasteiger partial charge in [-0.25, -0.2) is 0 Å². The second kappa shape index (κ2) is 12.7. The van der Waals surface area contributed by atoms with Crippen LogP contribution in [0.5, 0.6) is 0 Å². The van der Waals surface area contributed by atoms with E-state index in [9.17, 15) is 0 Å². The van der Waals surface area contributed by atoms with Gasteiger partial charge in [0.2, 0.25) is 0 Å². The SMILES string of the molecule is CC1(C)c2ccccc2-c2cc(N(c3ccc(-c4cccc5ccc(-n6c7ccccc7c7ccccc76)cc45)cc3)c3cccc4c3-c3ccccc3C4(C)C)ccc21. The molecule has 10 aromatic rings. The highest BCUT2D eigenvalue weighted by atomic mass is 15.1. The third-order valence-corrected chi connectivity index (χ3v) is 13.8. The van der Waals surface area contributed by atoms with Gasteiger partial charge in [-0.05, 0) is 115 Å². The van der Waals surface area contributed by atoms with Crippen molar-refractivity contribution in [2.24, 2.45) is 0 Å². The van der Waals surface area contributed by atoms with E-state index < -0.39 is 0 Å². The highest BCUT2D eigenvalue weighted by Crippen LogP contribution is 2.56. The Morgan fingerprint density at radius 1 is 0.383 bits per heavy atom. The molecule has 286 valence electrons. The van der Waals surface area contributed by atoms with Crippen LogP contribution in [0.4, 0.5) is 17.1 Å². The molecule has 1 heterocycles. The summed E-state index contributed by atoms with van der Waals surface area (Å²) in [6, 6.07) is 72.3. The fourth-order valence-corrected chi connectivity index (χ4v) is 10.8. The van der Waals surface area contributed by atoms with Crippen molar-refractivity contribution in [3.05, 3.63) is 216 Å². The van der Waals surface area contributed by atoms with Gasteiger partial charge in [0, 0.05) is 44.2 Å². The molecule has 0 aliphatic heterocycles. The Balaban J connectivity index is 1.03. The summed E-state index contributed by atoms with van der Waals surface area (Å²) in [5.41, 5.74) is 20.1. The van der Waals surface area contributed by atoms with E-state index in [1.54, 1.807) is 0 Å². The molecule has 0 bridgehead atoms. The van der Waals surface area contributed by atoms with Gasteiger partial charge in [-0.15, -0.1) is 0 Å². The van der Waals surface area contributed by atoms with Crippen LogP contribution in [0, 0.1) is 0 Å². The minimum atomic E-state index is -0.106. The summed E-state index contributed by atoms with van der Waals surface area (Å²) in [5.74, 6) is 0. The molecule has 0 atom stereocenters. The quantitative estimate of drug-likeness (QED) is 0.169. The zero-order valence-electron chi connectivity index (χ0n) is 34.4. The standard InChI is InChI=1S/C58H44N2/c1-57(2)49-21-9-5-16-43(49)48-36-40(33-34-51(48)57)59(55-26-14-23-52-56(55)46-19-6-10-22-50(46)58(52,3)4)39-30-27-38(28-31-39)42-20-13-15-37-29-32-41(35-47(37)42)60-53-24-11-7-17-44(53)45-18-8-12-25-54(45)60/h5-36H,1-4H3. The van der Waals surface area contributed by atoms with Gasteiger partial charge in [0.25, 0.3) is 0 Å². The average molecular weight is 769 g/mol. The Morgan fingerprint density at radius 2 is 0.950 bits per heavy atom. The maximum Gasteiger partial charge on any atom is 0.0543 e. The molecule has 2 nitrogen and oxygen atoms in total.